The van der Waals surface area contributed by atoms with E-state index in [0.717, 1.165) is 144 Å². The summed E-state index contributed by atoms with van der Waals surface area (Å²) in [6.45, 7) is 14.9. The van der Waals surface area contributed by atoms with Gasteiger partial charge in [0.15, 0.2) is 28.8 Å². The molecule has 0 spiro atoms. The second-order valence-electron chi connectivity index (χ2n) is 31.7. The summed E-state index contributed by atoms with van der Waals surface area (Å²) in [5.74, 6) is 2.37. The summed E-state index contributed by atoms with van der Waals surface area (Å²) in [5.41, 5.74) is 21.5. The summed E-state index contributed by atoms with van der Waals surface area (Å²) in [6.07, 6.45) is 0. The van der Waals surface area contributed by atoms with Crippen molar-refractivity contribution in [3.63, 3.8) is 0 Å². The molecular weight excluding hydrogens is 1610 g/mol. The van der Waals surface area contributed by atoms with Gasteiger partial charge in [-0.3, -0.25) is 4.57 Å². The predicted molar refractivity (Wildman–Crippen MR) is 527 cm³/mol. The second-order valence-corrected chi connectivity index (χ2v) is 33.9. The molecule has 13 nitrogen and oxygen atoms in total. The van der Waals surface area contributed by atoms with E-state index in [1.807, 2.05) is 150 Å². The topological polar surface area (TPSA) is 138 Å². The zero-order valence-corrected chi connectivity index (χ0v) is 69.7. The molecule has 594 valence electrons. The predicted octanol–water partition coefficient (Wildman–Crippen LogP) is 30.6. The molecule has 0 fully saturated rings. The largest absolute Gasteiger partial charge is 0.456 e. The highest BCUT2D eigenvalue weighted by Crippen LogP contribution is 2.46. The Morgan fingerprint density at radius 1 is 0.273 bits per heavy atom. The van der Waals surface area contributed by atoms with Crippen molar-refractivity contribution in [3.8, 4) is 91.3 Å². The second kappa shape index (κ2) is 30.6. The molecule has 9 aromatic heterocycles. The van der Waals surface area contributed by atoms with Crippen LogP contribution in [-0.2, 0) is 0 Å². The first-order chi connectivity index (χ1) is 63.3. The number of hydrogen-bond acceptors (Lipinski definition) is 10. The number of benzene rings is 17. The third kappa shape index (κ3) is 12.7. The molecular formula is C113H64N12OS2. The fourth-order valence-corrected chi connectivity index (χ4v) is 20.6. The average molecular weight is 1670 g/mol. The summed E-state index contributed by atoms with van der Waals surface area (Å²) in [7, 11) is 0. The molecule has 0 aliphatic heterocycles. The van der Waals surface area contributed by atoms with Crippen LogP contribution in [0.2, 0.25) is 0 Å². The molecule has 9 heterocycles. The van der Waals surface area contributed by atoms with Gasteiger partial charge in [-0.1, -0.05) is 249 Å². The lowest BCUT2D eigenvalue weighted by atomic mass is 10.0. The van der Waals surface area contributed by atoms with Crippen molar-refractivity contribution in [2.45, 2.75) is 0 Å². The SMILES string of the molecule is N#Cc1ccc(-c2nc(-c3ccccc3)nc(-n3c4ccccc4c4cc5sc6ccccc6c5cc43)n2)cc1.[C-]#[N+]c1ccc(-c2nc(-c3cccc(-n4c5ccccc5c5cc6sc7ccccc7c6cc54)c3)nc3ccccc23)cc1.[C-]#[N+]c1cccc(-c2nc(-c3cccc(-n4c5ccccc5c5cc6oc7ccccc7c6cc54)c3)cc3ccccc23)c1. The summed E-state index contributed by atoms with van der Waals surface area (Å²) < 4.78 is 18.3. The van der Waals surface area contributed by atoms with E-state index in [-0.39, 0.29) is 0 Å². The van der Waals surface area contributed by atoms with Crippen molar-refractivity contribution < 1.29 is 4.42 Å². The summed E-state index contributed by atoms with van der Waals surface area (Å²) in [6, 6.07) is 135. The van der Waals surface area contributed by atoms with Crippen molar-refractivity contribution in [2.75, 3.05) is 0 Å². The minimum atomic E-state index is 0.554. The Kier molecular flexibility index (Phi) is 17.8. The summed E-state index contributed by atoms with van der Waals surface area (Å²) >= 11 is 3.67. The van der Waals surface area contributed by atoms with E-state index in [0.29, 0.717) is 40.4 Å². The standard InChI is InChI=1S/C40H23N3O.C39H22N4S.C34H19N5S/c1-41-28-13-8-12-27(20-28)40-30-15-3-2-10-25(30)22-35(42-40)26-11-9-14-29(21-26)43-36-18-6-4-16-31(36)33-24-39-34(23-37(33)43)32-17-5-7-19-38(32)44-39;1-40-26-19-17-24(18-20-26)38-30-13-2-5-14-33(30)41-39(42-38)25-9-8-10-27(21-25)43-34-15-6-3-11-28(34)31-23-37-32(22-35(31)43)29-12-4-7-16-36(29)44-37;35-20-21-14-16-23(17-15-21)33-36-32(22-8-2-1-3-9-22)37-34(38-33)39-28-12-6-4-10-24(28)26-19-31-27(18-29(26)39)25-11-5-7-13-30(25)40-31/h2-24H;2-23H;1-19H. The van der Waals surface area contributed by atoms with Gasteiger partial charge in [0.05, 0.1) is 80.5 Å². The number of pyridine rings is 1. The maximum absolute atomic E-state index is 9.29. The Morgan fingerprint density at radius 2 is 0.750 bits per heavy atom. The maximum atomic E-state index is 9.29. The fraction of sp³-hybridized carbons (Fsp3) is 0. The fourth-order valence-electron chi connectivity index (χ4n) is 18.3. The minimum absolute atomic E-state index is 0.554. The monoisotopic (exact) mass is 1670 g/mol. The van der Waals surface area contributed by atoms with Crippen molar-refractivity contribution in [1.29, 1.82) is 5.26 Å². The number of nitriles is 1. The third-order valence-electron chi connectivity index (χ3n) is 24.3. The first-order valence-electron chi connectivity index (χ1n) is 42.0. The molecule has 0 N–H and O–H groups in total. The number of aromatic nitrogens is 9. The molecule has 17 aromatic carbocycles. The first kappa shape index (κ1) is 74.4. The normalized spacial score (nSPS) is 11.6. The quantitative estimate of drug-likeness (QED) is 0.130. The van der Waals surface area contributed by atoms with Crippen LogP contribution in [0.25, 0.3) is 244 Å². The highest BCUT2D eigenvalue weighted by Gasteiger charge is 2.24. The zero-order valence-electron chi connectivity index (χ0n) is 68.0. The Bertz CT molecular complexity index is 9220. The van der Waals surface area contributed by atoms with Crippen LogP contribution >= 0.6 is 22.7 Å². The van der Waals surface area contributed by atoms with Crippen molar-refractivity contribution >= 4 is 183 Å². The van der Waals surface area contributed by atoms with Gasteiger partial charge in [-0.05, 0) is 156 Å². The van der Waals surface area contributed by atoms with Gasteiger partial charge < -0.3 is 13.6 Å². The van der Waals surface area contributed by atoms with Crippen LogP contribution in [0.3, 0.4) is 0 Å². The number of para-hydroxylation sites is 5. The van der Waals surface area contributed by atoms with Crippen molar-refractivity contribution in [2.24, 2.45) is 0 Å². The molecule has 0 saturated heterocycles. The smallest absolute Gasteiger partial charge is 0.238 e. The molecule has 0 saturated carbocycles. The molecule has 0 radical (unpaired) electrons. The Hall–Kier alpha value is -17.4. The van der Waals surface area contributed by atoms with Crippen LogP contribution in [0.1, 0.15) is 5.56 Å². The van der Waals surface area contributed by atoms with Gasteiger partial charge in [-0.2, -0.15) is 15.2 Å². The first-order valence-corrected chi connectivity index (χ1v) is 43.6. The van der Waals surface area contributed by atoms with Crippen molar-refractivity contribution in [1.82, 2.24) is 43.6 Å². The summed E-state index contributed by atoms with van der Waals surface area (Å²) in [5, 5.41) is 26.9. The number of rotatable bonds is 9. The number of furan rings is 1. The minimum Gasteiger partial charge on any atom is -0.456 e. The number of hydrogen-bond donors (Lipinski definition) is 0. The maximum Gasteiger partial charge on any atom is 0.238 e. The molecule has 0 aliphatic rings. The van der Waals surface area contributed by atoms with Crippen LogP contribution in [-0.4, -0.2) is 43.6 Å². The summed E-state index contributed by atoms with van der Waals surface area (Å²) in [4.78, 5) is 37.5. The molecule has 15 heteroatoms. The zero-order chi connectivity index (χ0) is 85.0. The van der Waals surface area contributed by atoms with E-state index in [2.05, 4.69) is 278 Å². The van der Waals surface area contributed by atoms with Crippen LogP contribution in [0, 0.1) is 24.5 Å². The lowest BCUT2D eigenvalue weighted by Crippen LogP contribution is -2.06. The number of thiophene rings is 2. The molecule has 0 atom stereocenters. The molecule has 0 aliphatic carbocycles. The van der Waals surface area contributed by atoms with Gasteiger partial charge in [0, 0.05) is 128 Å². The van der Waals surface area contributed by atoms with Gasteiger partial charge in [0.2, 0.25) is 5.95 Å². The van der Waals surface area contributed by atoms with E-state index in [9.17, 15) is 5.26 Å². The van der Waals surface area contributed by atoms with Crippen LogP contribution in [0.4, 0.5) is 11.4 Å². The van der Waals surface area contributed by atoms with Gasteiger partial charge >= 0.3 is 0 Å². The van der Waals surface area contributed by atoms with E-state index in [1.54, 1.807) is 12.1 Å². The van der Waals surface area contributed by atoms with E-state index < -0.39 is 0 Å². The Labute approximate surface area is 739 Å². The van der Waals surface area contributed by atoms with E-state index in [4.69, 9.17) is 47.5 Å². The highest BCUT2D eigenvalue weighted by molar-refractivity contribution is 7.26. The van der Waals surface area contributed by atoms with Crippen LogP contribution in [0.5, 0.6) is 0 Å². The Morgan fingerprint density at radius 3 is 1.39 bits per heavy atom. The number of nitrogens with zero attached hydrogens (tertiary/aromatic N) is 12. The van der Waals surface area contributed by atoms with Crippen molar-refractivity contribution in [3.05, 3.63) is 417 Å². The highest BCUT2D eigenvalue weighted by atomic mass is 32.1. The third-order valence-corrected chi connectivity index (χ3v) is 26.5. The molecule has 128 heavy (non-hydrogen) atoms. The molecule has 0 bridgehead atoms. The number of fused-ring (bicyclic) bond motifs is 20. The van der Waals surface area contributed by atoms with Crippen LogP contribution < -0.4 is 0 Å². The lowest BCUT2D eigenvalue weighted by Gasteiger charge is -2.13. The van der Waals surface area contributed by atoms with Gasteiger partial charge in [0.25, 0.3) is 0 Å². The molecule has 0 unspecified atom stereocenters. The molecule has 26 aromatic rings. The lowest BCUT2D eigenvalue weighted by molar-refractivity contribution is 0.669. The molecule has 26 rings (SSSR count). The van der Waals surface area contributed by atoms with Gasteiger partial charge in [-0.25, -0.2) is 29.6 Å². The van der Waals surface area contributed by atoms with Crippen LogP contribution in [0.15, 0.2) is 393 Å². The van der Waals surface area contributed by atoms with Gasteiger partial charge in [-0.15, -0.1) is 22.7 Å². The molecule has 0 amide bonds. The van der Waals surface area contributed by atoms with E-state index >= 15 is 0 Å². The average Bonchev–Trinajstić information content (AvgIpc) is 1.57. The Balaban J connectivity index is 0.000000107. The van der Waals surface area contributed by atoms with E-state index in [1.165, 1.54) is 67.5 Å². The van der Waals surface area contributed by atoms with Gasteiger partial charge in [0.1, 0.15) is 11.2 Å².